The molecule has 2 aromatic rings. The van der Waals surface area contributed by atoms with Crippen molar-refractivity contribution in [3.63, 3.8) is 0 Å². The van der Waals surface area contributed by atoms with Gasteiger partial charge in [0.2, 0.25) is 0 Å². The van der Waals surface area contributed by atoms with Crippen molar-refractivity contribution in [2.45, 2.75) is 12.7 Å². The van der Waals surface area contributed by atoms with Crippen molar-refractivity contribution in [2.75, 3.05) is 12.3 Å². The van der Waals surface area contributed by atoms with E-state index in [0.717, 1.165) is 16.6 Å². The third kappa shape index (κ3) is 2.79. The zero-order valence-corrected chi connectivity index (χ0v) is 11.6. The minimum atomic E-state index is -0.899. The number of nitrogens with two attached hydrogens (primary N) is 1. The zero-order valence-electron chi connectivity index (χ0n) is 10.8. The number of rotatable bonds is 5. The monoisotopic (exact) mass is 265 g/mol. The van der Waals surface area contributed by atoms with Crippen LogP contribution in [0.2, 0.25) is 0 Å². The fourth-order valence-corrected chi connectivity index (χ4v) is 3.40. The van der Waals surface area contributed by atoms with Crippen molar-refractivity contribution in [2.24, 2.45) is 18.7 Å². The third-order valence-corrected chi connectivity index (χ3v) is 4.54. The topological polar surface area (TPSA) is 60.9 Å². The van der Waals surface area contributed by atoms with Gasteiger partial charge in [-0.25, -0.2) is 0 Å². The summed E-state index contributed by atoms with van der Waals surface area (Å²) in [7, 11) is 1.01. The lowest BCUT2D eigenvalue weighted by atomic mass is 10.2. The Kier molecular flexibility index (Phi) is 4.14. The molecule has 1 aromatic heterocycles. The molecule has 2 rings (SSSR count). The predicted octanol–water partition coefficient (Wildman–Crippen LogP) is 1.42. The molecule has 0 radical (unpaired) electrons. The minimum Gasteiger partial charge on any atom is -0.330 e. The van der Waals surface area contributed by atoms with Gasteiger partial charge in [0, 0.05) is 29.0 Å². The molecule has 5 heteroatoms. The molecule has 0 saturated carbocycles. The van der Waals surface area contributed by atoms with E-state index in [2.05, 4.69) is 5.10 Å². The van der Waals surface area contributed by atoms with E-state index >= 15 is 0 Å². The number of aryl methyl sites for hydroxylation is 1. The van der Waals surface area contributed by atoms with Crippen LogP contribution in [0.15, 0.2) is 24.3 Å². The SMILES string of the molecule is CC(CN)CS(=O)Cc1nn(C)c2ccccc12. The van der Waals surface area contributed by atoms with Gasteiger partial charge in [-0.05, 0) is 18.5 Å². The Hall–Kier alpha value is -1.20. The Morgan fingerprint density at radius 3 is 2.89 bits per heavy atom. The summed E-state index contributed by atoms with van der Waals surface area (Å²) in [4.78, 5) is 0. The standard InChI is InChI=1S/C13H19N3OS/c1-10(7-14)8-18(17)9-12-11-5-3-4-6-13(11)16(2)15-12/h3-6,10H,7-9,14H2,1-2H3. The highest BCUT2D eigenvalue weighted by molar-refractivity contribution is 7.84. The minimum absolute atomic E-state index is 0.292. The largest absolute Gasteiger partial charge is 0.330 e. The number of nitrogens with zero attached hydrogens (tertiary/aromatic N) is 2. The molecule has 98 valence electrons. The average molecular weight is 265 g/mol. The van der Waals surface area contributed by atoms with Crippen molar-refractivity contribution < 1.29 is 4.21 Å². The molecule has 18 heavy (non-hydrogen) atoms. The van der Waals surface area contributed by atoms with Crippen LogP contribution in [0.4, 0.5) is 0 Å². The normalized spacial score (nSPS) is 14.8. The Morgan fingerprint density at radius 1 is 1.44 bits per heavy atom. The fourth-order valence-electron chi connectivity index (χ4n) is 1.99. The Labute approximate surface area is 110 Å². The van der Waals surface area contributed by atoms with Gasteiger partial charge in [0.25, 0.3) is 0 Å². The Morgan fingerprint density at radius 2 is 2.17 bits per heavy atom. The first-order valence-electron chi connectivity index (χ1n) is 6.07. The summed E-state index contributed by atoms with van der Waals surface area (Å²) in [6.45, 7) is 2.60. The van der Waals surface area contributed by atoms with Crippen LogP contribution in [0.3, 0.4) is 0 Å². The lowest BCUT2D eigenvalue weighted by Crippen LogP contribution is -2.18. The number of benzene rings is 1. The summed E-state index contributed by atoms with van der Waals surface area (Å²) in [5.41, 5.74) is 7.55. The van der Waals surface area contributed by atoms with Gasteiger partial charge in [-0.1, -0.05) is 25.1 Å². The van der Waals surface area contributed by atoms with Gasteiger partial charge in [-0.3, -0.25) is 8.89 Å². The molecule has 2 unspecified atom stereocenters. The van der Waals surface area contributed by atoms with Crippen LogP contribution < -0.4 is 5.73 Å². The summed E-state index contributed by atoms with van der Waals surface area (Å²) in [5, 5.41) is 5.55. The number of hydrogen-bond donors (Lipinski definition) is 1. The molecule has 2 N–H and O–H groups in total. The van der Waals surface area contributed by atoms with E-state index in [0.29, 0.717) is 24.0 Å². The highest BCUT2D eigenvalue weighted by atomic mass is 32.2. The Balaban J connectivity index is 2.19. The van der Waals surface area contributed by atoms with Crippen LogP contribution in [0.25, 0.3) is 10.9 Å². The van der Waals surface area contributed by atoms with Crippen molar-refractivity contribution in [1.82, 2.24) is 9.78 Å². The van der Waals surface area contributed by atoms with E-state index in [4.69, 9.17) is 5.73 Å². The van der Waals surface area contributed by atoms with E-state index in [1.807, 2.05) is 42.9 Å². The third-order valence-electron chi connectivity index (χ3n) is 3.00. The lowest BCUT2D eigenvalue weighted by molar-refractivity contribution is 0.639. The van der Waals surface area contributed by atoms with Crippen molar-refractivity contribution in [3.8, 4) is 0 Å². The Bertz CT molecular complexity index is 564. The number of fused-ring (bicyclic) bond motifs is 1. The summed E-state index contributed by atoms with van der Waals surface area (Å²) in [6.07, 6.45) is 0. The molecule has 0 fully saturated rings. The number of para-hydroxylation sites is 1. The highest BCUT2D eigenvalue weighted by Gasteiger charge is 2.12. The molecule has 4 nitrogen and oxygen atoms in total. The molecule has 0 saturated heterocycles. The smallest absolute Gasteiger partial charge is 0.0827 e. The number of aromatic nitrogens is 2. The first-order chi connectivity index (χ1) is 8.61. The van der Waals surface area contributed by atoms with E-state index in [-0.39, 0.29) is 0 Å². The molecule has 1 heterocycles. The summed E-state index contributed by atoms with van der Waals surface area (Å²) in [6, 6.07) is 8.03. The average Bonchev–Trinajstić information content (AvgIpc) is 2.67. The molecule has 0 bridgehead atoms. The predicted molar refractivity (Wildman–Crippen MR) is 75.6 cm³/mol. The van der Waals surface area contributed by atoms with Crippen molar-refractivity contribution in [1.29, 1.82) is 0 Å². The van der Waals surface area contributed by atoms with Crippen LogP contribution in [0, 0.1) is 5.92 Å². The van der Waals surface area contributed by atoms with Gasteiger partial charge < -0.3 is 5.73 Å². The second-order valence-electron chi connectivity index (χ2n) is 4.68. The zero-order chi connectivity index (χ0) is 13.1. The van der Waals surface area contributed by atoms with E-state index in [1.165, 1.54) is 0 Å². The van der Waals surface area contributed by atoms with Crippen LogP contribution in [-0.4, -0.2) is 26.3 Å². The van der Waals surface area contributed by atoms with Crippen LogP contribution >= 0.6 is 0 Å². The van der Waals surface area contributed by atoms with Crippen molar-refractivity contribution >= 4 is 21.7 Å². The maximum atomic E-state index is 12.0. The summed E-state index contributed by atoms with van der Waals surface area (Å²) >= 11 is 0. The molecule has 0 amide bonds. The molecule has 0 spiro atoms. The maximum Gasteiger partial charge on any atom is 0.0827 e. The summed E-state index contributed by atoms with van der Waals surface area (Å²) < 4.78 is 13.9. The summed E-state index contributed by atoms with van der Waals surface area (Å²) in [5.74, 6) is 1.44. The van der Waals surface area contributed by atoms with Gasteiger partial charge in [-0.15, -0.1) is 0 Å². The first-order valence-corrected chi connectivity index (χ1v) is 7.56. The van der Waals surface area contributed by atoms with E-state index in [9.17, 15) is 4.21 Å². The van der Waals surface area contributed by atoms with Gasteiger partial charge in [0.05, 0.1) is 17.0 Å². The molecular formula is C13H19N3OS. The molecule has 0 aliphatic heterocycles. The number of hydrogen-bond acceptors (Lipinski definition) is 3. The molecular weight excluding hydrogens is 246 g/mol. The molecule has 0 aliphatic carbocycles. The van der Waals surface area contributed by atoms with Crippen molar-refractivity contribution in [3.05, 3.63) is 30.0 Å². The first kappa shape index (κ1) is 13.2. The maximum absolute atomic E-state index is 12.0. The van der Waals surface area contributed by atoms with Crippen LogP contribution in [0.1, 0.15) is 12.6 Å². The van der Waals surface area contributed by atoms with Gasteiger partial charge in [0.1, 0.15) is 0 Å². The highest BCUT2D eigenvalue weighted by Crippen LogP contribution is 2.19. The molecule has 2 atom stereocenters. The lowest BCUT2D eigenvalue weighted by Gasteiger charge is -2.06. The molecule has 1 aromatic carbocycles. The second kappa shape index (κ2) is 5.63. The van der Waals surface area contributed by atoms with Gasteiger partial charge >= 0.3 is 0 Å². The van der Waals surface area contributed by atoms with Gasteiger partial charge in [0.15, 0.2) is 0 Å². The van der Waals surface area contributed by atoms with Gasteiger partial charge in [-0.2, -0.15) is 5.10 Å². The quantitative estimate of drug-likeness (QED) is 0.889. The van der Waals surface area contributed by atoms with Crippen LogP contribution in [-0.2, 0) is 23.6 Å². The van der Waals surface area contributed by atoms with E-state index < -0.39 is 10.8 Å². The second-order valence-corrected chi connectivity index (χ2v) is 6.18. The van der Waals surface area contributed by atoms with Crippen LogP contribution in [0.5, 0.6) is 0 Å². The van der Waals surface area contributed by atoms with E-state index in [1.54, 1.807) is 0 Å². The molecule has 0 aliphatic rings. The fraction of sp³-hybridized carbons (Fsp3) is 0.462.